The monoisotopic (exact) mass is 419 g/mol. The van der Waals surface area contributed by atoms with Crippen LogP contribution >= 0.6 is 0 Å². The van der Waals surface area contributed by atoms with Crippen LogP contribution < -0.4 is 15.9 Å². The first-order chi connectivity index (χ1) is 15.0. The molecular weight excluding hydrogens is 394 g/mol. The van der Waals surface area contributed by atoms with Crippen LogP contribution in [0, 0.1) is 5.41 Å². The van der Waals surface area contributed by atoms with E-state index < -0.39 is 11.1 Å². The average molecular weight is 419 g/mol. The Balaban J connectivity index is 1.35. The van der Waals surface area contributed by atoms with E-state index in [-0.39, 0.29) is 12.0 Å². The van der Waals surface area contributed by atoms with Gasteiger partial charge in [-0.1, -0.05) is 18.2 Å². The molecule has 1 saturated heterocycles. The van der Waals surface area contributed by atoms with E-state index in [1.54, 1.807) is 17.9 Å². The van der Waals surface area contributed by atoms with Crippen LogP contribution in [0.2, 0.25) is 0 Å². The number of rotatable bonds is 5. The van der Waals surface area contributed by atoms with Crippen LogP contribution in [-0.4, -0.2) is 44.4 Å². The van der Waals surface area contributed by atoms with E-state index in [4.69, 9.17) is 4.74 Å². The van der Waals surface area contributed by atoms with Crippen molar-refractivity contribution < 1.29 is 4.74 Å². The summed E-state index contributed by atoms with van der Waals surface area (Å²) in [6, 6.07) is 11.5. The first kappa shape index (κ1) is 19.7. The normalized spacial score (nSPS) is 20.3. The van der Waals surface area contributed by atoms with E-state index >= 15 is 0 Å². The van der Waals surface area contributed by atoms with Gasteiger partial charge in [0.1, 0.15) is 11.6 Å². The van der Waals surface area contributed by atoms with Crippen LogP contribution in [-0.2, 0) is 26.1 Å². The van der Waals surface area contributed by atoms with E-state index in [1.165, 1.54) is 10.2 Å². The lowest BCUT2D eigenvalue weighted by Gasteiger charge is -2.22. The second-order valence-corrected chi connectivity index (χ2v) is 8.62. The molecule has 0 radical (unpaired) electrons. The van der Waals surface area contributed by atoms with Gasteiger partial charge in [-0.15, -0.1) is 0 Å². The molecule has 1 aromatic carbocycles. The number of benzene rings is 1. The lowest BCUT2D eigenvalue weighted by molar-refractivity contribution is 0.246. The number of hydrogen-bond donors (Lipinski definition) is 0. The van der Waals surface area contributed by atoms with Crippen LogP contribution in [0.4, 0.5) is 0 Å². The number of pyridine rings is 1. The summed E-state index contributed by atoms with van der Waals surface area (Å²) in [5.74, 6) is 1.46. The minimum atomic E-state index is -0.568. The maximum absolute atomic E-state index is 12.8. The molecule has 0 N–H and O–H groups in total. The Bertz CT molecular complexity index is 1200. The Kier molecular flexibility index (Phi) is 4.94. The van der Waals surface area contributed by atoms with Crippen LogP contribution in [0.3, 0.4) is 0 Å². The van der Waals surface area contributed by atoms with Gasteiger partial charge in [-0.3, -0.25) is 24.0 Å². The number of ether oxygens (including phenoxy) is 1. The van der Waals surface area contributed by atoms with Gasteiger partial charge in [0, 0.05) is 43.9 Å². The summed E-state index contributed by atoms with van der Waals surface area (Å²) < 4.78 is 8.08. The molecule has 5 rings (SSSR count). The zero-order valence-corrected chi connectivity index (χ0v) is 17.5. The predicted octanol–water partition coefficient (Wildman–Crippen LogP) is 1.31. The Morgan fingerprint density at radius 3 is 2.61 bits per heavy atom. The largest absolute Gasteiger partial charge is 0.497 e. The minimum Gasteiger partial charge on any atom is -0.497 e. The summed E-state index contributed by atoms with van der Waals surface area (Å²) in [5, 5.41) is 4.59. The van der Waals surface area contributed by atoms with E-state index in [1.807, 2.05) is 36.5 Å². The van der Waals surface area contributed by atoms with Crippen molar-refractivity contribution in [1.82, 2.24) is 24.2 Å². The third-order valence-electron chi connectivity index (χ3n) is 6.37. The maximum atomic E-state index is 12.8. The molecule has 1 fully saturated rings. The summed E-state index contributed by atoms with van der Waals surface area (Å²) in [5.41, 5.74) is 1.01. The summed E-state index contributed by atoms with van der Waals surface area (Å²) in [4.78, 5) is 32.1. The van der Waals surface area contributed by atoms with Crippen molar-refractivity contribution in [2.24, 2.45) is 5.41 Å². The molecule has 2 aliphatic heterocycles. The van der Waals surface area contributed by atoms with Crippen molar-refractivity contribution in [2.45, 2.75) is 32.5 Å². The molecule has 1 spiro atoms. The van der Waals surface area contributed by atoms with Gasteiger partial charge in [-0.05, 0) is 42.3 Å². The molecule has 1 atom stereocenters. The molecular formula is C23H25N5O3. The molecule has 8 heteroatoms. The Labute approximate surface area is 179 Å². The van der Waals surface area contributed by atoms with E-state index in [0.29, 0.717) is 18.8 Å². The quantitative estimate of drug-likeness (QED) is 0.580. The third kappa shape index (κ3) is 3.79. The fraction of sp³-hybridized carbons (Fsp3) is 0.391. The van der Waals surface area contributed by atoms with Gasteiger partial charge in [0.25, 0.3) is 0 Å². The van der Waals surface area contributed by atoms with Crippen molar-refractivity contribution in [3.05, 3.63) is 86.5 Å². The molecule has 0 aliphatic carbocycles. The minimum absolute atomic E-state index is 0.0346. The Hall–Kier alpha value is -3.26. The smallest absolute Gasteiger partial charge is 0.332 e. The predicted molar refractivity (Wildman–Crippen MR) is 115 cm³/mol. The number of nitrogens with zero attached hydrogens (tertiary/aromatic N) is 5. The summed E-state index contributed by atoms with van der Waals surface area (Å²) in [7, 11) is 1.61. The van der Waals surface area contributed by atoms with Crippen LogP contribution in [0.15, 0.2) is 58.4 Å². The maximum Gasteiger partial charge on any atom is 0.332 e. The topological polar surface area (TPSA) is 82.2 Å². The first-order valence-corrected chi connectivity index (χ1v) is 10.5. The third-order valence-corrected chi connectivity index (χ3v) is 6.37. The first-order valence-electron chi connectivity index (χ1n) is 10.5. The van der Waals surface area contributed by atoms with Crippen LogP contribution in [0.1, 0.15) is 23.4 Å². The highest BCUT2D eigenvalue weighted by atomic mass is 16.5. The van der Waals surface area contributed by atoms with Gasteiger partial charge in [-0.25, -0.2) is 4.68 Å². The molecule has 2 aliphatic rings. The van der Waals surface area contributed by atoms with Crippen molar-refractivity contribution in [3.8, 4) is 5.75 Å². The lowest BCUT2D eigenvalue weighted by Crippen LogP contribution is -2.43. The molecule has 0 unspecified atom stereocenters. The molecule has 0 amide bonds. The Morgan fingerprint density at radius 1 is 1.03 bits per heavy atom. The zero-order chi connectivity index (χ0) is 21.4. The number of aromatic nitrogens is 4. The van der Waals surface area contributed by atoms with Crippen LogP contribution in [0.25, 0.3) is 0 Å². The number of fused-ring (bicyclic) bond motifs is 1. The lowest BCUT2D eigenvalue weighted by atomic mass is 9.86. The van der Waals surface area contributed by atoms with Crippen molar-refractivity contribution in [3.63, 3.8) is 0 Å². The zero-order valence-electron chi connectivity index (χ0n) is 17.5. The van der Waals surface area contributed by atoms with Crippen molar-refractivity contribution in [2.75, 3.05) is 20.2 Å². The fourth-order valence-electron chi connectivity index (χ4n) is 4.80. The highest BCUT2D eigenvalue weighted by Crippen LogP contribution is 2.39. The van der Waals surface area contributed by atoms with Gasteiger partial charge < -0.3 is 4.74 Å². The van der Waals surface area contributed by atoms with Gasteiger partial charge in [-0.2, -0.15) is 5.10 Å². The van der Waals surface area contributed by atoms with Gasteiger partial charge >= 0.3 is 11.1 Å². The average Bonchev–Trinajstić information content (AvgIpc) is 3.35. The van der Waals surface area contributed by atoms with Crippen molar-refractivity contribution >= 4 is 0 Å². The molecule has 3 aromatic rings. The van der Waals surface area contributed by atoms with Crippen molar-refractivity contribution in [1.29, 1.82) is 0 Å². The number of likely N-dealkylation sites (tertiary alicyclic amines) is 1. The molecule has 0 saturated carbocycles. The van der Waals surface area contributed by atoms with Gasteiger partial charge in [0.2, 0.25) is 0 Å². The van der Waals surface area contributed by atoms with E-state index in [0.717, 1.165) is 37.4 Å². The standard InChI is InChI=1S/C23H25N5O3/c1-31-19-6-4-17(5-7-19)14-28-22(30)21(29)27-16-23(11-20(27)25-28)8-10-26(15-23)13-18-3-2-9-24-12-18/h2-7,9,12H,8,10-11,13-16H2,1H3/t23-/m1/s1. The molecule has 0 bridgehead atoms. The second-order valence-electron chi connectivity index (χ2n) is 8.62. The molecule has 160 valence electrons. The molecule has 31 heavy (non-hydrogen) atoms. The molecule has 4 heterocycles. The number of hydrogen-bond acceptors (Lipinski definition) is 6. The highest BCUT2D eigenvalue weighted by Gasteiger charge is 2.44. The SMILES string of the molecule is COc1ccc(Cn2nc3n(c(=O)c2=O)C[C@]2(CCN(Cc4cccnc4)C2)C3)cc1. The molecule has 2 aromatic heterocycles. The summed E-state index contributed by atoms with van der Waals surface area (Å²) >= 11 is 0. The molecule has 8 nitrogen and oxygen atoms in total. The van der Waals surface area contributed by atoms with Gasteiger partial charge in [0.15, 0.2) is 0 Å². The number of methoxy groups -OCH3 is 1. The second kappa shape index (κ2) is 7.77. The Morgan fingerprint density at radius 2 is 1.87 bits per heavy atom. The van der Waals surface area contributed by atoms with E-state index in [2.05, 4.69) is 21.0 Å². The van der Waals surface area contributed by atoms with E-state index in [9.17, 15) is 9.59 Å². The summed E-state index contributed by atoms with van der Waals surface area (Å²) in [6.45, 7) is 3.53. The van der Waals surface area contributed by atoms with Crippen LogP contribution in [0.5, 0.6) is 5.75 Å². The highest BCUT2D eigenvalue weighted by molar-refractivity contribution is 5.27. The summed E-state index contributed by atoms with van der Waals surface area (Å²) in [6.07, 6.45) is 5.38. The van der Waals surface area contributed by atoms with Gasteiger partial charge in [0.05, 0.1) is 13.7 Å². The fourth-order valence-corrected chi connectivity index (χ4v) is 4.80.